The molecule has 0 unspecified atom stereocenters. The van der Waals surface area contributed by atoms with Crippen molar-refractivity contribution in [3.63, 3.8) is 0 Å². The van der Waals surface area contributed by atoms with Crippen molar-refractivity contribution in [2.75, 3.05) is 23.7 Å². The molecule has 1 aromatic carbocycles. The maximum absolute atomic E-state index is 12.4. The summed E-state index contributed by atoms with van der Waals surface area (Å²) in [6, 6.07) is 7.08. The van der Waals surface area contributed by atoms with Crippen molar-refractivity contribution in [3.05, 3.63) is 24.3 Å². The number of anilines is 2. The van der Waals surface area contributed by atoms with Crippen LogP contribution in [0.4, 0.5) is 16.2 Å². The monoisotopic (exact) mass is 389 g/mol. The van der Waals surface area contributed by atoms with Crippen LogP contribution in [0.15, 0.2) is 24.3 Å². The van der Waals surface area contributed by atoms with Gasteiger partial charge in [-0.1, -0.05) is 19.9 Å². The van der Waals surface area contributed by atoms with Gasteiger partial charge in [-0.3, -0.25) is 9.59 Å². The molecule has 0 radical (unpaired) electrons. The average molecular weight is 389 g/mol. The van der Waals surface area contributed by atoms with Crippen LogP contribution in [0, 0.1) is 11.8 Å². The second-order valence-electron chi connectivity index (χ2n) is 8.56. The van der Waals surface area contributed by atoms with Gasteiger partial charge in [0.05, 0.1) is 0 Å². The Labute approximate surface area is 166 Å². The summed E-state index contributed by atoms with van der Waals surface area (Å²) in [6.45, 7) is 10.3. The number of carbonyl (C=O) groups is 3. The highest BCUT2D eigenvalue weighted by atomic mass is 16.6. The molecule has 1 heterocycles. The Morgan fingerprint density at radius 1 is 1.18 bits per heavy atom. The molecule has 154 valence electrons. The van der Waals surface area contributed by atoms with Gasteiger partial charge in [-0.15, -0.1) is 0 Å². The molecular formula is C21H31N3O4. The highest BCUT2D eigenvalue weighted by Crippen LogP contribution is 2.23. The fraction of sp³-hybridized carbons (Fsp3) is 0.571. The number of nitrogens with one attached hydrogen (secondary N) is 2. The predicted molar refractivity (Wildman–Crippen MR) is 109 cm³/mol. The molecule has 1 aromatic rings. The Kier molecular flexibility index (Phi) is 7.05. The fourth-order valence-electron chi connectivity index (χ4n) is 2.93. The lowest BCUT2D eigenvalue weighted by Crippen LogP contribution is -2.35. The molecule has 0 aromatic heterocycles. The van der Waals surface area contributed by atoms with Gasteiger partial charge in [0, 0.05) is 36.8 Å². The third kappa shape index (κ3) is 6.87. The quantitative estimate of drug-likeness (QED) is 0.800. The van der Waals surface area contributed by atoms with Crippen molar-refractivity contribution >= 4 is 29.3 Å². The Bertz CT molecular complexity index is 725. The third-order valence-electron chi connectivity index (χ3n) is 4.35. The van der Waals surface area contributed by atoms with Gasteiger partial charge >= 0.3 is 6.09 Å². The van der Waals surface area contributed by atoms with Crippen LogP contribution >= 0.6 is 0 Å². The normalized spacial score (nSPS) is 16.8. The lowest BCUT2D eigenvalue weighted by atomic mass is 10.0. The molecule has 1 aliphatic rings. The number of rotatable bonds is 5. The summed E-state index contributed by atoms with van der Waals surface area (Å²) in [4.78, 5) is 38.0. The fourth-order valence-corrected chi connectivity index (χ4v) is 2.93. The van der Waals surface area contributed by atoms with Gasteiger partial charge in [-0.25, -0.2) is 4.79 Å². The summed E-state index contributed by atoms with van der Waals surface area (Å²) < 4.78 is 5.38. The number of carbonyl (C=O) groups excluding carboxylic acids is 3. The zero-order chi connectivity index (χ0) is 20.9. The molecule has 3 amide bonds. The van der Waals surface area contributed by atoms with E-state index in [0.717, 1.165) is 6.42 Å². The minimum atomic E-state index is -0.525. The van der Waals surface area contributed by atoms with Crippen LogP contribution in [-0.2, 0) is 14.3 Å². The maximum Gasteiger partial charge on any atom is 0.410 e. The zero-order valence-corrected chi connectivity index (χ0v) is 17.4. The van der Waals surface area contributed by atoms with Gasteiger partial charge in [-0.05, 0) is 51.3 Å². The molecule has 2 N–H and O–H groups in total. The minimum Gasteiger partial charge on any atom is -0.444 e. The van der Waals surface area contributed by atoms with Gasteiger partial charge in [-0.2, -0.15) is 0 Å². The molecular weight excluding hydrogens is 358 g/mol. The van der Waals surface area contributed by atoms with Gasteiger partial charge in [0.15, 0.2) is 0 Å². The summed E-state index contributed by atoms with van der Waals surface area (Å²) >= 11 is 0. The first kappa shape index (κ1) is 21.7. The van der Waals surface area contributed by atoms with Crippen LogP contribution in [0.1, 0.15) is 47.5 Å². The first-order chi connectivity index (χ1) is 13.0. The summed E-state index contributed by atoms with van der Waals surface area (Å²) in [5, 5.41) is 5.69. The van der Waals surface area contributed by atoms with E-state index in [1.807, 2.05) is 34.6 Å². The standard InChI is InChI=1S/C21H31N3O4/c1-14(2)19(26)23-17-8-6-7-16(12-17)22-18(25)11-15-9-10-24(13-15)20(27)28-21(3,4)5/h6-8,12,14-15H,9-11,13H2,1-5H3,(H,22,25)(H,23,26)/t15-/m0/s1. The highest BCUT2D eigenvalue weighted by Gasteiger charge is 2.30. The SMILES string of the molecule is CC(C)C(=O)Nc1cccc(NC(=O)C[C@@H]2CCN(C(=O)OC(C)(C)C)C2)c1. The summed E-state index contributed by atoms with van der Waals surface area (Å²) in [5.41, 5.74) is 0.754. The topological polar surface area (TPSA) is 87.7 Å². The highest BCUT2D eigenvalue weighted by molar-refractivity contribution is 5.94. The molecule has 1 saturated heterocycles. The first-order valence-electron chi connectivity index (χ1n) is 9.72. The van der Waals surface area contributed by atoms with Crippen LogP contribution in [0.25, 0.3) is 0 Å². The van der Waals surface area contributed by atoms with E-state index >= 15 is 0 Å². The number of amides is 3. The van der Waals surface area contributed by atoms with Crippen molar-refractivity contribution in [1.29, 1.82) is 0 Å². The zero-order valence-electron chi connectivity index (χ0n) is 17.4. The Morgan fingerprint density at radius 3 is 2.43 bits per heavy atom. The van der Waals surface area contributed by atoms with Crippen molar-refractivity contribution in [2.45, 2.75) is 53.1 Å². The van der Waals surface area contributed by atoms with E-state index in [9.17, 15) is 14.4 Å². The molecule has 0 aliphatic carbocycles. The number of nitrogens with zero attached hydrogens (tertiary/aromatic N) is 1. The van der Waals surface area contributed by atoms with Crippen molar-refractivity contribution < 1.29 is 19.1 Å². The van der Waals surface area contributed by atoms with Crippen LogP contribution in [-0.4, -0.2) is 41.5 Å². The third-order valence-corrected chi connectivity index (χ3v) is 4.35. The molecule has 1 atom stereocenters. The number of likely N-dealkylation sites (tertiary alicyclic amines) is 1. The van der Waals surface area contributed by atoms with Crippen molar-refractivity contribution in [1.82, 2.24) is 4.90 Å². The Balaban J connectivity index is 1.84. The molecule has 7 nitrogen and oxygen atoms in total. The van der Waals surface area contributed by atoms with E-state index in [-0.39, 0.29) is 29.7 Å². The number of hydrogen-bond donors (Lipinski definition) is 2. The predicted octanol–water partition coefficient (Wildman–Crippen LogP) is 3.87. The molecule has 7 heteroatoms. The van der Waals surface area contributed by atoms with Crippen LogP contribution in [0.3, 0.4) is 0 Å². The summed E-state index contributed by atoms with van der Waals surface area (Å²) in [5.74, 6) is -0.190. The Hall–Kier alpha value is -2.57. The lowest BCUT2D eigenvalue weighted by Gasteiger charge is -2.24. The minimum absolute atomic E-state index is 0.0725. The molecule has 0 bridgehead atoms. The van der Waals surface area contributed by atoms with E-state index < -0.39 is 5.60 Å². The van der Waals surface area contributed by atoms with E-state index in [2.05, 4.69) is 10.6 Å². The molecule has 0 spiro atoms. The second-order valence-corrected chi connectivity index (χ2v) is 8.56. The van der Waals surface area contributed by atoms with Crippen LogP contribution < -0.4 is 10.6 Å². The second kappa shape index (κ2) is 9.08. The van der Waals surface area contributed by atoms with E-state index in [4.69, 9.17) is 4.74 Å². The van der Waals surface area contributed by atoms with Crippen LogP contribution in [0.2, 0.25) is 0 Å². The number of benzene rings is 1. The van der Waals surface area contributed by atoms with Crippen molar-refractivity contribution in [2.24, 2.45) is 11.8 Å². The Morgan fingerprint density at radius 2 is 1.82 bits per heavy atom. The molecule has 1 fully saturated rings. The molecule has 2 rings (SSSR count). The molecule has 1 aliphatic heterocycles. The van der Waals surface area contributed by atoms with Gasteiger partial charge in [0.25, 0.3) is 0 Å². The van der Waals surface area contributed by atoms with E-state index in [1.165, 1.54) is 0 Å². The van der Waals surface area contributed by atoms with Crippen LogP contribution in [0.5, 0.6) is 0 Å². The first-order valence-corrected chi connectivity index (χ1v) is 9.72. The summed E-state index contributed by atoms with van der Waals surface area (Å²) in [7, 11) is 0. The van der Waals surface area contributed by atoms with Gasteiger partial charge in [0.1, 0.15) is 5.60 Å². The summed E-state index contributed by atoms with van der Waals surface area (Å²) in [6.07, 6.45) is 0.781. The maximum atomic E-state index is 12.4. The van der Waals surface area contributed by atoms with E-state index in [0.29, 0.717) is 30.9 Å². The lowest BCUT2D eigenvalue weighted by molar-refractivity contribution is -0.119. The number of ether oxygens (including phenoxy) is 1. The smallest absolute Gasteiger partial charge is 0.410 e. The number of hydrogen-bond acceptors (Lipinski definition) is 4. The largest absolute Gasteiger partial charge is 0.444 e. The average Bonchev–Trinajstić information content (AvgIpc) is 3.02. The van der Waals surface area contributed by atoms with Gasteiger partial charge in [0.2, 0.25) is 11.8 Å². The van der Waals surface area contributed by atoms with Gasteiger partial charge < -0.3 is 20.3 Å². The molecule has 0 saturated carbocycles. The molecule has 28 heavy (non-hydrogen) atoms. The van der Waals surface area contributed by atoms with Crippen molar-refractivity contribution in [3.8, 4) is 0 Å². The van der Waals surface area contributed by atoms with E-state index in [1.54, 1.807) is 29.2 Å².